The fourth-order valence-electron chi connectivity index (χ4n) is 1.77. The van der Waals surface area contributed by atoms with Gasteiger partial charge in [-0.3, -0.25) is 4.98 Å². The minimum absolute atomic E-state index is 0.0479. The summed E-state index contributed by atoms with van der Waals surface area (Å²) in [5, 5.41) is 12.6. The number of rotatable bonds is 4. The Morgan fingerprint density at radius 1 is 1.18 bits per heavy atom. The molecule has 0 aliphatic rings. The third kappa shape index (κ3) is 2.82. The molecule has 17 heavy (non-hydrogen) atoms. The summed E-state index contributed by atoms with van der Waals surface area (Å²) in [6.45, 7) is 2.13. The molecule has 88 valence electrons. The quantitative estimate of drug-likeness (QED) is 0.845. The highest BCUT2D eigenvalue weighted by Crippen LogP contribution is 2.21. The Hall–Kier alpha value is -1.87. The normalized spacial score (nSPS) is 12.1. The first kappa shape index (κ1) is 11.6. The molecule has 0 aliphatic heterocycles. The third-order valence-electron chi connectivity index (χ3n) is 2.77. The van der Waals surface area contributed by atoms with Crippen LogP contribution in [0.1, 0.15) is 24.1 Å². The number of benzene rings is 1. The first-order valence-corrected chi connectivity index (χ1v) is 5.66. The van der Waals surface area contributed by atoms with Crippen LogP contribution >= 0.6 is 0 Å². The van der Waals surface area contributed by atoms with E-state index in [0.29, 0.717) is 0 Å². The highest BCUT2D eigenvalue weighted by atomic mass is 16.3. The van der Waals surface area contributed by atoms with Gasteiger partial charge in [-0.05, 0) is 30.7 Å². The number of aromatic nitrogens is 1. The van der Waals surface area contributed by atoms with Crippen molar-refractivity contribution in [3.05, 3.63) is 59.9 Å². The molecule has 0 fully saturated rings. The van der Waals surface area contributed by atoms with Crippen molar-refractivity contribution in [3.63, 3.8) is 0 Å². The van der Waals surface area contributed by atoms with Crippen molar-refractivity contribution in [2.45, 2.75) is 19.6 Å². The molecule has 0 spiro atoms. The van der Waals surface area contributed by atoms with E-state index in [1.54, 1.807) is 12.4 Å². The molecule has 0 saturated carbocycles. The standard InChI is InChI=1S/C14H16N2O/c1-11(12-6-8-15-9-7-12)16-14-5-3-2-4-13(14)10-17/h2-9,11,16-17H,10H2,1H3. The Morgan fingerprint density at radius 2 is 1.88 bits per heavy atom. The zero-order valence-corrected chi connectivity index (χ0v) is 9.80. The Labute approximate surface area is 101 Å². The Kier molecular flexibility index (Phi) is 3.73. The van der Waals surface area contributed by atoms with Crippen molar-refractivity contribution in [2.24, 2.45) is 0 Å². The van der Waals surface area contributed by atoms with Crippen LogP contribution in [-0.2, 0) is 6.61 Å². The van der Waals surface area contributed by atoms with Crippen molar-refractivity contribution < 1.29 is 5.11 Å². The fourth-order valence-corrected chi connectivity index (χ4v) is 1.77. The summed E-state index contributed by atoms with van der Waals surface area (Å²) in [7, 11) is 0. The van der Waals surface area contributed by atoms with E-state index in [0.717, 1.165) is 11.3 Å². The summed E-state index contributed by atoms with van der Waals surface area (Å²) in [5.41, 5.74) is 3.06. The van der Waals surface area contributed by atoms with Gasteiger partial charge in [0.2, 0.25) is 0 Å². The van der Waals surface area contributed by atoms with E-state index in [9.17, 15) is 5.11 Å². The van der Waals surface area contributed by atoms with Crippen molar-refractivity contribution in [3.8, 4) is 0 Å². The number of hydrogen-bond donors (Lipinski definition) is 2. The third-order valence-corrected chi connectivity index (χ3v) is 2.77. The minimum Gasteiger partial charge on any atom is -0.392 e. The molecular weight excluding hydrogens is 212 g/mol. The van der Waals surface area contributed by atoms with Gasteiger partial charge in [0.25, 0.3) is 0 Å². The molecule has 0 amide bonds. The van der Waals surface area contributed by atoms with E-state index in [4.69, 9.17) is 0 Å². The number of hydrogen-bond acceptors (Lipinski definition) is 3. The first-order chi connectivity index (χ1) is 8.31. The lowest BCUT2D eigenvalue weighted by molar-refractivity contribution is 0.282. The van der Waals surface area contributed by atoms with E-state index in [-0.39, 0.29) is 12.6 Å². The van der Waals surface area contributed by atoms with Crippen molar-refractivity contribution in [1.82, 2.24) is 4.98 Å². The largest absolute Gasteiger partial charge is 0.392 e. The van der Waals surface area contributed by atoms with Crippen molar-refractivity contribution >= 4 is 5.69 Å². The number of aliphatic hydroxyl groups is 1. The lowest BCUT2D eigenvalue weighted by Gasteiger charge is -2.17. The lowest BCUT2D eigenvalue weighted by atomic mass is 10.1. The number of pyridine rings is 1. The van der Waals surface area contributed by atoms with E-state index in [1.165, 1.54) is 5.56 Å². The van der Waals surface area contributed by atoms with E-state index in [2.05, 4.69) is 17.2 Å². The van der Waals surface area contributed by atoms with Gasteiger partial charge >= 0.3 is 0 Å². The first-order valence-electron chi connectivity index (χ1n) is 5.66. The smallest absolute Gasteiger partial charge is 0.0701 e. The zero-order chi connectivity index (χ0) is 12.1. The molecule has 2 aromatic rings. The number of anilines is 1. The summed E-state index contributed by atoms with van der Waals surface area (Å²) < 4.78 is 0. The number of aliphatic hydroxyl groups excluding tert-OH is 1. The molecule has 2 rings (SSSR count). The van der Waals surface area contributed by atoms with E-state index in [1.807, 2.05) is 36.4 Å². The molecule has 2 N–H and O–H groups in total. The average molecular weight is 228 g/mol. The second kappa shape index (κ2) is 5.46. The van der Waals surface area contributed by atoms with Gasteiger partial charge in [-0.1, -0.05) is 18.2 Å². The molecule has 0 radical (unpaired) electrons. The highest BCUT2D eigenvalue weighted by Gasteiger charge is 2.06. The molecule has 1 aromatic heterocycles. The van der Waals surface area contributed by atoms with Gasteiger partial charge in [0.1, 0.15) is 0 Å². The van der Waals surface area contributed by atoms with Crippen LogP contribution in [0.3, 0.4) is 0 Å². The van der Waals surface area contributed by atoms with Gasteiger partial charge in [0.05, 0.1) is 6.61 Å². The maximum absolute atomic E-state index is 9.25. The summed E-state index contributed by atoms with van der Waals surface area (Å²) in [6.07, 6.45) is 3.57. The molecule has 1 unspecified atom stereocenters. The van der Waals surface area contributed by atoms with Crippen LogP contribution in [0.25, 0.3) is 0 Å². The monoisotopic (exact) mass is 228 g/mol. The molecule has 0 aliphatic carbocycles. The Morgan fingerprint density at radius 3 is 2.59 bits per heavy atom. The van der Waals surface area contributed by atoms with Gasteiger partial charge in [0, 0.05) is 29.7 Å². The molecular formula is C14H16N2O. The van der Waals surface area contributed by atoms with Gasteiger partial charge in [-0.2, -0.15) is 0 Å². The number of nitrogens with one attached hydrogen (secondary N) is 1. The Bertz CT molecular complexity index is 471. The molecule has 1 aromatic carbocycles. The zero-order valence-electron chi connectivity index (χ0n) is 9.80. The van der Waals surface area contributed by atoms with Gasteiger partial charge in [0.15, 0.2) is 0 Å². The van der Waals surface area contributed by atoms with Crippen LogP contribution in [0.2, 0.25) is 0 Å². The van der Waals surface area contributed by atoms with Crippen LogP contribution < -0.4 is 5.32 Å². The summed E-state index contributed by atoms with van der Waals surface area (Å²) >= 11 is 0. The second-order valence-corrected chi connectivity index (χ2v) is 3.96. The van der Waals surface area contributed by atoms with Crippen LogP contribution in [0.5, 0.6) is 0 Å². The van der Waals surface area contributed by atoms with Crippen LogP contribution in [0, 0.1) is 0 Å². The summed E-state index contributed by atoms with van der Waals surface area (Å²) in [5.74, 6) is 0. The SMILES string of the molecule is CC(Nc1ccccc1CO)c1ccncc1. The van der Waals surface area contributed by atoms with E-state index >= 15 is 0 Å². The van der Waals surface area contributed by atoms with Crippen LogP contribution in [0.4, 0.5) is 5.69 Å². The highest BCUT2D eigenvalue weighted by molar-refractivity contribution is 5.52. The van der Waals surface area contributed by atoms with Gasteiger partial charge in [-0.25, -0.2) is 0 Å². The number of nitrogens with zero attached hydrogens (tertiary/aromatic N) is 1. The summed E-state index contributed by atoms with van der Waals surface area (Å²) in [4.78, 5) is 4.00. The predicted molar refractivity (Wildman–Crippen MR) is 68.6 cm³/mol. The second-order valence-electron chi connectivity index (χ2n) is 3.96. The van der Waals surface area contributed by atoms with Crippen LogP contribution in [-0.4, -0.2) is 10.1 Å². The Balaban J connectivity index is 2.16. The van der Waals surface area contributed by atoms with Gasteiger partial charge in [-0.15, -0.1) is 0 Å². The maximum Gasteiger partial charge on any atom is 0.0701 e. The predicted octanol–water partition coefficient (Wildman–Crippen LogP) is 2.75. The summed E-state index contributed by atoms with van der Waals surface area (Å²) in [6, 6.07) is 11.9. The van der Waals surface area contributed by atoms with Crippen molar-refractivity contribution in [1.29, 1.82) is 0 Å². The van der Waals surface area contributed by atoms with Crippen molar-refractivity contribution in [2.75, 3.05) is 5.32 Å². The van der Waals surface area contributed by atoms with Crippen LogP contribution in [0.15, 0.2) is 48.8 Å². The fraction of sp³-hybridized carbons (Fsp3) is 0.214. The van der Waals surface area contributed by atoms with Gasteiger partial charge < -0.3 is 10.4 Å². The molecule has 1 heterocycles. The molecule has 0 bridgehead atoms. The number of para-hydroxylation sites is 1. The topological polar surface area (TPSA) is 45.1 Å². The lowest BCUT2D eigenvalue weighted by Crippen LogP contribution is -2.08. The minimum atomic E-state index is 0.0479. The molecule has 0 saturated heterocycles. The molecule has 1 atom stereocenters. The van der Waals surface area contributed by atoms with E-state index < -0.39 is 0 Å². The molecule has 3 heteroatoms. The molecule has 3 nitrogen and oxygen atoms in total. The average Bonchev–Trinajstić information content (AvgIpc) is 2.40. The maximum atomic E-state index is 9.25.